The number of guanidine groups is 1. The van der Waals surface area contributed by atoms with Gasteiger partial charge < -0.3 is 14.7 Å². The Morgan fingerprint density at radius 3 is 2.67 bits per heavy atom. The lowest BCUT2D eigenvalue weighted by molar-refractivity contribution is 0.169. The summed E-state index contributed by atoms with van der Waals surface area (Å²) in [6.45, 7) is 12.9. The van der Waals surface area contributed by atoms with Crippen molar-refractivity contribution in [2.45, 2.75) is 32.6 Å². The molecule has 1 saturated heterocycles. The first-order chi connectivity index (χ1) is 11.1. The molecule has 0 amide bonds. The zero-order valence-electron chi connectivity index (χ0n) is 15.1. The number of aromatic nitrogens is 1. The van der Waals surface area contributed by atoms with Crippen LogP contribution in [0.2, 0.25) is 0 Å². The molecule has 1 aliphatic rings. The van der Waals surface area contributed by atoms with E-state index in [1.807, 2.05) is 24.8 Å². The summed E-state index contributed by atoms with van der Waals surface area (Å²) in [6.07, 6.45) is 2.14. The van der Waals surface area contributed by atoms with Crippen LogP contribution in [0.25, 0.3) is 0 Å². The second kappa shape index (κ2) is 11.2. The van der Waals surface area contributed by atoms with Crippen LogP contribution >= 0.6 is 35.7 Å². The van der Waals surface area contributed by atoms with Crippen molar-refractivity contribution in [3.05, 3.63) is 17.5 Å². The number of hydrogen-bond acceptors (Lipinski definition) is 5. The maximum Gasteiger partial charge on any atom is 0.194 e. The number of rotatable bonds is 6. The van der Waals surface area contributed by atoms with Gasteiger partial charge in [-0.3, -0.25) is 9.89 Å². The van der Waals surface area contributed by atoms with E-state index in [1.165, 1.54) is 0 Å². The number of piperazine rings is 1. The summed E-state index contributed by atoms with van der Waals surface area (Å²) in [6, 6.07) is 2.02. The van der Waals surface area contributed by atoms with E-state index >= 15 is 0 Å². The molecule has 0 saturated carbocycles. The zero-order chi connectivity index (χ0) is 16.7. The second-order valence-corrected chi connectivity index (χ2v) is 7.21. The molecule has 138 valence electrons. The molecule has 0 aliphatic carbocycles. The Kier molecular flexibility index (Phi) is 10.1. The van der Waals surface area contributed by atoms with Crippen molar-refractivity contribution < 1.29 is 4.52 Å². The highest BCUT2D eigenvalue weighted by atomic mass is 127. The predicted octanol–water partition coefficient (Wildman–Crippen LogP) is 2.44. The van der Waals surface area contributed by atoms with Crippen molar-refractivity contribution >= 4 is 41.7 Å². The predicted molar refractivity (Wildman–Crippen MR) is 112 cm³/mol. The lowest BCUT2D eigenvalue weighted by Crippen LogP contribution is -2.52. The number of aryl methyl sites for hydroxylation is 1. The summed E-state index contributed by atoms with van der Waals surface area (Å²) in [7, 11) is 0. The maximum absolute atomic E-state index is 5.14. The normalized spacial score (nSPS) is 17.5. The standard InChI is InChI=1S/C16H29N5OS.HI/c1-5-17-16(18-11-14(3)23-4)21-8-6-20(7-9-21)12-15-10-13(2)22-19-15;/h10,14H,5-9,11-12H2,1-4H3,(H,17,18);1H. The van der Waals surface area contributed by atoms with Crippen LogP contribution in [0.5, 0.6) is 0 Å². The Morgan fingerprint density at radius 1 is 1.42 bits per heavy atom. The van der Waals surface area contributed by atoms with Crippen molar-refractivity contribution in [1.29, 1.82) is 0 Å². The van der Waals surface area contributed by atoms with E-state index in [0.29, 0.717) is 5.25 Å². The van der Waals surface area contributed by atoms with E-state index < -0.39 is 0 Å². The molecule has 1 aliphatic heterocycles. The molecule has 8 heteroatoms. The molecule has 1 atom stereocenters. The average Bonchev–Trinajstić information content (AvgIpc) is 2.97. The Balaban J connectivity index is 0.00000288. The summed E-state index contributed by atoms with van der Waals surface area (Å²) in [5.74, 6) is 1.92. The van der Waals surface area contributed by atoms with E-state index in [2.05, 4.69) is 40.4 Å². The SMILES string of the molecule is CCNC(=NCC(C)SC)N1CCN(Cc2cc(C)on2)CC1.I. The Bertz CT molecular complexity index is 502. The summed E-state index contributed by atoms with van der Waals surface area (Å²) < 4.78 is 5.14. The van der Waals surface area contributed by atoms with E-state index in [4.69, 9.17) is 9.52 Å². The molecule has 2 heterocycles. The Hall–Kier alpha value is -0.480. The first-order valence-electron chi connectivity index (χ1n) is 8.33. The third-order valence-corrected chi connectivity index (χ3v) is 4.92. The molecule has 1 aromatic heterocycles. The monoisotopic (exact) mass is 467 g/mol. The fourth-order valence-electron chi connectivity index (χ4n) is 2.55. The highest BCUT2D eigenvalue weighted by Gasteiger charge is 2.20. The molecule has 0 bridgehead atoms. The van der Waals surface area contributed by atoms with Crippen molar-refractivity contribution in [3.8, 4) is 0 Å². The van der Waals surface area contributed by atoms with Gasteiger partial charge in [0.1, 0.15) is 5.76 Å². The molecule has 6 nitrogen and oxygen atoms in total. The molecule has 0 aromatic carbocycles. The first-order valence-corrected chi connectivity index (χ1v) is 9.61. The van der Waals surface area contributed by atoms with Gasteiger partial charge in [-0.1, -0.05) is 12.1 Å². The van der Waals surface area contributed by atoms with Gasteiger partial charge in [0, 0.05) is 50.6 Å². The minimum atomic E-state index is 0. The van der Waals surface area contributed by atoms with Crippen LogP contribution in [0.1, 0.15) is 25.3 Å². The third kappa shape index (κ3) is 6.79. The highest BCUT2D eigenvalue weighted by Crippen LogP contribution is 2.10. The second-order valence-electron chi connectivity index (χ2n) is 5.93. The van der Waals surface area contributed by atoms with E-state index in [-0.39, 0.29) is 24.0 Å². The molecule has 1 aromatic rings. The molecule has 1 fully saturated rings. The van der Waals surface area contributed by atoms with Crippen molar-refractivity contribution in [2.75, 3.05) is 45.5 Å². The van der Waals surface area contributed by atoms with Crippen molar-refractivity contribution in [2.24, 2.45) is 4.99 Å². The minimum absolute atomic E-state index is 0. The number of halogens is 1. The van der Waals surface area contributed by atoms with E-state index in [9.17, 15) is 0 Å². The highest BCUT2D eigenvalue weighted by molar-refractivity contribution is 14.0. The van der Waals surface area contributed by atoms with Gasteiger partial charge in [0.2, 0.25) is 0 Å². The molecule has 0 spiro atoms. The molecule has 0 radical (unpaired) electrons. The summed E-state index contributed by atoms with van der Waals surface area (Å²) in [5.41, 5.74) is 1.02. The topological polar surface area (TPSA) is 56.9 Å². The zero-order valence-corrected chi connectivity index (χ0v) is 18.3. The van der Waals surface area contributed by atoms with E-state index in [1.54, 1.807) is 0 Å². The summed E-state index contributed by atoms with van der Waals surface area (Å²) in [5, 5.41) is 8.06. The van der Waals surface area contributed by atoms with Gasteiger partial charge in [-0.15, -0.1) is 24.0 Å². The van der Waals surface area contributed by atoms with Crippen LogP contribution in [-0.4, -0.2) is 71.7 Å². The fourth-order valence-corrected chi connectivity index (χ4v) is 2.78. The largest absolute Gasteiger partial charge is 0.361 e. The smallest absolute Gasteiger partial charge is 0.194 e. The quantitative estimate of drug-likeness (QED) is 0.394. The minimum Gasteiger partial charge on any atom is -0.361 e. The molecule has 1 N–H and O–H groups in total. The number of nitrogens with zero attached hydrogens (tertiary/aromatic N) is 4. The first kappa shape index (κ1) is 21.6. The van der Waals surface area contributed by atoms with Gasteiger partial charge in [0.15, 0.2) is 5.96 Å². The molecule has 24 heavy (non-hydrogen) atoms. The van der Waals surface area contributed by atoms with Crippen LogP contribution in [-0.2, 0) is 6.54 Å². The summed E-state index contributed by atoms with van der Waals surface area (Å²) in [4.78, 5) is 9.57. The van der Waals surface area contributed by atoms with Gasteiger partial charge in [-0.2, -0.15) is 11.8 Å². The van der Waals surface area contributed by atoms with Crippen molar-refractivity contribution in [1.82, 2.24) is 20.3 Å². The summed E-state index contributed by atoms with van der Waals surface area (Å²) >= 11 is 1.86. The van der Waals surface area contributed by atoms with Crippen LogP contribution in [0.3, 0.4) is 0 Å². The van der Waals surface area contributed by atoms with Gasteiger partial charge in [-0.05, 0) is 20.1 Å². The Morgan fingerprint density at radius 2 is 2.12 bits per heavy atom. The van der Waals surface area contributed by atoms with E-state index in [0.717, 1.165) is 63.2 Å². The van der Waals surface area contributed by atoms with Gasteiger partial charge in [0.25, 0.3) is 0 Å². The molecular weight excluding hydrogens is 437 g/mol. The molecule has 2 rings (SSSR count). The average molecular weight is 467 g/mol. The number of hydrogen-bond donors (Lipinski definition) is 1. The number of aliphatic imine (C=N–C) groups is 1. The number of thioether (sulfide) groups is 1. The van der Waals surface area contributed by atoms with Crippen LogP contribution in [0, 0.1) is 6.92 Å². The van der Waals surface area contributed by atoms with Gasteiger partial charge in [-0.25, -0.2) is 0 Å². The Labute approximate surface area is 166 Å². The van der Waals surface area contributed by atoms with Gasteiger partial charge >= 0.3 is 0 Å². The van der Waals surface area contributed by atoms with Crippen LogP contribution in [0.15, 0.2) is 15.6 Å². The lowest BCUT2D eigenvalue weighted by Gasteiger charge is -2.36. The third-order valence-electron chi connectivity index (χ3n) is 3.97. The fraction of sp³-hybridized carbons (Fsp3) is 0.750. The van der Waals surface area contributed by atoms with Crippen LogP contribution < -0.4 is 5.32 Å². The van der Waals surface area contributed by atoms with Crippen molar-refractivity contribution in [3.63, 3.8) is 0 Å². The van der Waals surface area contributed by atoms with Crippen LogP contribution in [0.4, 0.5) is 0 Å². The van der Waals surface area contributed by atoms with Gasteiger partial charge in [0.05, 0.1) is 12.2 Å². The molecule has 1 unspecified atom stereocenters. The molecular formula is C16H30IN5OS. The maximum atomic E-state index is 5.14. The lowest BCUT2D eigenvalue weighted by atomic mass is 10.3. The number of nitrogens with one attached hydrogen (secondary N) is 1.